The lowest BCUT2D eigenvalue weighted by Gasteiger charge is -2.21. The van der Waals surface area contributed by atoms with Gasteiger partial charge in [0.05, 0.1) is 6.10 Å². The lowest BCUT2D eigenvalue weighted by molar-refractivity contribution is 0.140. The Hall–Kier alpha value is -0.820. The Kier molecular flexibility index (Phi) is 5.20. The molecule has 96 valence electrons. The highest BCUT2D eigenvalue weighted by Crippen LogP contribution is 2.30. The maximum absolute atomic E-state index is 10.4. The van der Waals surface area contributed by atoms with Crippen LogP contribution in [0.5, 0.6) is 0 Å². The number of rotatable bonds is 5. The minimum Gasteiger partial charge on any atom is -0.388 e. The van der Waals surface area contributed by atoms with E-state index in [0.717, 1.165) is 24.8 Å². The van der Waals surface area contributed by atoms with E-state index in [1.54, 1.807) is 0 Å². The molecule has 0 aliphatic rings. The highest BCUT2D eigenvalue weighted by atomic mass is 16.3. The molecule has 1 heteroatoms. The first-order valence-corrected chi connectivity index (χ1v) is 6.75. The van der Waals surface area contributed by atoms with Crippen LogP contribution in [0.1, 0.15) is 61.5 Å². The van der Waals surface area contributed by atoms with Gasteiger partial charge in [0.2, 0.25) is 0 Å². The van der Waals surface area contributed by atoms with Crippen LogP contribution in [0.2, 0.25) is 0 Å². The molecule has 1 N–H and O–H groups in total. The summed E-state index contributed by atoms with van der Waals surface area (Å²) in [4.78, 5) is 0. The summed E-state index contributed by atoms with van der Waals surface area (Å²) in [6, 6.07) is 4.33. The zero-order valence-corrected chi connectivity index (χ0v) is 11.9. The molecule has 0 saturated carbocycles. The molecule has 1 rings (SSSR count). The van der Waals surface area contributed by atoms with E-state index in [0.29, 0.717) is 5.92 Å². The zero-order chi connectivity index (χ0) is 13.0. The second kappa shape index (κ2) is 6.20. The lowest BCUT2D eigenvalue weighted by atomic mass is 9.88. The minimum absolute atomic E-state index is 0.305. The number of aryl methyl sites for hydroxylation is 3. The molecule has 17 heavy (non-hydrogen) atoms. The summed E-state index contributed by atoms with van der Waals surface area (Å²) in [5, 5.41) is 10.4. The van der Waals surface area contributed by atoms with E-state index in [-0.39, 0.29) is 6.10 Å². The van der Waals surface area contributed by atoms with Crippen LogP contribution in [0.3, 0.4) is 0 Å². The van der Waals surface area contributed by atoms with Crippen LogP contribution in [-0.4, -0.2) is 5.11 Å². The summed E-state index contributed by atoms with van der Waals surface area (Å²) >= 11 is 0. The SMILES string of the molecule is CCC(CC)CC(O)c1c(C)cc(C)cc1C. The van der Waals surface area contributed by atoms with Gasteiger partial charge in [0, 0.05) is 0 Å². The predicted octanol–water partition coefficient (Wildman–Crippen LogP) is 4.47. The summed E-state index contributed by atoms with van der Waals surface area (Å²) in [5.74, 6) is 0.630. The Labute approximate surface area is 106 Å². The first kappa shape index (κ1) is 14.2. The van der Waals surface area contributed by atoms with Gasteiger partial charge >= 0.3 is 0 Å². The van der Waals surface area contributed by atoms with Crippen molar-refractivity contribution in [2.24, 2.45) is 5.92 Å². The van der Waals surface area contributed by atoms with Crippen molar-refractivity contribution in [1.82, 2.24) is 0 Å². The molecule has 0 fully saturated rings. The van der Waals surface area contributed by atoms with Crippen molar-refractivity contribution in [2.45, 2.75) is 60.0 Å². The van der Waals surface area contributed by atoms with Crippen molar-refractivity contribution in [2.75, 3.05) is 0 Å². The molecule has 1 atom stereocenters. The van der Waals surface area contributed by atoms with Crippen LogP contribution in [0, 0.1) is 26.7 Å². The van der Waals surface area contributed by atoms with Gasteiger partial charge < -0.3 is 5.11 Å². The third-order valence-electron chi connectivity index (χ3n) is 3.78. The smallest absolute Gasteiger partial charge is 0.0797 e. The second-order valence-corrected chi connectivity index (χ2v) is 5.25. The van der Waals surface area contributed by atoms with E-state index in [4.69, 9.17) is 0 Å². The first-order valence-electron chi connectivity index (χ1n) is 6.75. The van der Waals surface area contributed by atoms with Gasteiger partial charge in [-0.2, -0.15) is 0 Å². The number of aliphatic hydroxyl groups is 1. The summed E-state index contributed by atoms with van der Waals surface area (Å²) in [5.41, 5.74) is 4.86. The van der Waals surface area contributed by atoms with Crippen molar-refractivity contribution in [3.63, 3.8) is 0 Å². The molecule has 0 aromatic heterocycles. The predicted molar refractivity (Wildman–Crippen MR) is 74.3 cm³/mol. The van der Waals surface area contributed by atoms with E-state index in [2.05, 4.69) is 46.8 Å². The van der Waals surface area contributed by atoms with Gasteiger partial charge in [0.1, 0.15) is 0 Å². The fourth-order valence-corrected chi connectivity index (χ4v) is 2.77. The molecule has 0 aliphatic heterocycles. The lowest BCUT2D eigenvalue weighted by Crippen LogP contribution is -2.09. The Morgan fingerprint density at radius 2 is 1.47 bits per heavy atom. The zero-order valence-electron chi connectivity index (χ0n) is 11.9. The molecule has 0 radical (unpaired) electrons. The van der Waals surface area contributed by atoms with Crippen molar-refractivity contribution in [1.29, 1.82) is 0 Å². The summed E-state index contributed by atoms with van der Waals surface area (Å²) in [6.45, 7) is 10.7. The van der Waals surface area contributed by atoms with Gasteiger partial charge in [-0.3, -0.25) is 0 Å². The van der Waals surface area contributed by atoms with Gasteiger partial charge in [-0.25, -0.2) is 0 Å². The fraction of sp³-hybridized carbons (Fsp3) is 0.625. The molecule has 1 aromatic carbocycles. The maximum atomic E-state index is 10.4. The van der Waals surface area contributed by atoms with Crippen LogP contribution < -0.4 is 0 Å². The third kappa shape index (κ3) is 3.57. The first-order chi connectivity index (χ1) is 7.99. The third-order valence-corrected chi connectivity index (χ3v) is 3.78. The maximum Gasteiger partial charge on any atom is 0.0797 e. The van der Waals surface area contributed by atoms with Crippen molar-refractivity contribution >= 4 is 0 Å². The molecule has 1 aromatic rings. The molecule has 0 amide bonds. The van der Waals surface area contributed by atoms with E-state index in [9.17, 15) is 5.11 Å². The topological polar surface area (TPSA) is 20.2 Å². The Morgan fingerprint density at radius 3 is 1.88 bits per heavy atom. The average Bonchev–Trinajstić information content (AvgIpc) is 2.24. The van der Waals surface area contributed by atoms with E-state index < -0.39 is 0 Å². The highest BCUT2D eigenvalue weighted by molar-refractivity contribution is 5.38. The highest BCUT2D eigenvalue weighted by Gasteiger charge is 2.17. The number of hydrogen-bond acceptors (Lipinski definition) is 1. The molecule has 1 nitrogen and oxygen atoms in total. The van der Waals surface area contributed by atoms with Crippen LogP contribution >= 0.6 is 0 Å². The second-order valence-electron chi connectivity index (χ2n) is 5.25. The fourth-order valence-electron chi connectivity index (χ4n) is 2.77. The number of hydrogen-bond donors (Lipinski definition) is 1. The largest absolute Gasteiger partial charge is 0.388 e. The molecule has 0 bridgehead atoms. The summed E-state index contributed by atoms with van der Waals surface area (Å²) < 4.78 is 0. The van der Waals surface area contributed by atoms with Crippen LogP contribution in [0.15, 0.2) is 12.1 Å². The van der Waals surface area contributed by atoms with Crippen LogP contribution in [-0.2, 0) is 0 Å². The average molecular weight is 234 g/mol. The van der Waals surface area contributed by atoms with Crippen molar-refractivity contribution in [3.05, 3.63) is 34.4 Å². The molecule has 1 unspecified atom stereocenters. The standard InChI is InChI=1S/C16H26O/c1-6-14(7-2)10-15(17)16-12(4)8-11(3)9-13(16)5/h8-9,14-15,17H,6-7,10H2,1-5H3. The molecule has 0 saturated heterocycles. The number of benzene rings is 1. The van der Waals surface area contributed by atoms with Gasteiger partial charge in [-0.15, -0.1) is 0 Å². The Balaban J connectivity index is 2.92. The molecule has 0 heterocycles. The van der Waals surface area contributed by atoms with Gasteiger partial charge in [0.15, 0.2) is 0 Å². The normalized spacial score (nSPS) is 13.1. The Bertz CT molecular complexity index is 341. The van der Waals surface area contributed by atoms with Crippen LogP contribution in [0.25, 0.3) is 0 Å². The van der Waals surface area contributed by atoms with Crippen LogP contribution in [0.4, 0.5) is 0 Å². The Morgan fingerprint density at radius 1 is 1.00 bits per heavy atom. The molecular formula is C16H26O. The van der Waals surface area contributed by atoms with Gasteiger partial charge in [-0.1, -0.05) is 44.4 Å². The molecule has 0 spiro atoms. The van der Waals surface area contributed by atoms with Crippen molar-refractivity contribution in [3.8, 4) is 0 Å². The monoisotopic (exact) mass is 234 g/mol. The van der Waals surface area contributed by atoms with Gasteiger partial charge in [0.25, 0.3) is 0 Å². The molecule has 0 aliphatic carbocycles. The summed E-state index contributed by atoms with van der Waals surface area (Å²) in [7, 11) is 0. The minimum atomic E-state index is -0.305. The number of aliphatic hydroxyl groups excluding tert-OH is 1. The summed E-state index contributed by atoms with van der Waals surface area (Å²) in [6.07, 6.45) is 2.88. The van der Waals surface area contributed by atoms with Crippen molar-refractivity contribution < 1.29 is 5.11 Å². The quantitative estimate of drug-likeness (QED) is 0.797. The van der Waals surface area contributed by atoms with E-state index in [1.165, 1.54) is 16.7 Å². The van der Waals surface area contributed by atoms with Gasteiger partial charge in [-0.05, 0) is 49.8 Å². The van der Waals surface area contributed by atoms with E-state index in [1.807, 2.05) is 0 Å². The molecular weight excluding hydrogens is 208 g/mol. The van der Waals surface area contributed by atoms with E-state index >= 15 is 0 Å².